The summed E-state index contributed by atoms with van der Waals surface area (Å²) in [4.78, 5) is 7.76. The normalized spacial score (nSPS) is 25.9. The number of hydrogen-bond acceptors (Lipinski definition) is 4. The third-order valence-corrected chi connectivity index (χ3v) is 3.92. The minimum absolute atomic E-state index is 0.161. The molecule has 2 heterocycles. The number of imidazole rings is 1. The summed E-state index contributed by atoms with van der Waals surface area (Å²) >= 11 is 1.93. The van der Waals surface area contributed by atoms with Gasteiger partial charge < -0.3 is 15.0 Å². The summed E-state index contributed by atoms with van der Waals surface area (Å²) in [5.41, 5.74) is 1.17. The van der Waals surface area contributed by atoms with Crippen molar-refractivity contribution in [1.29, 1.82) is 0 Å². The Morgan fingerprint density at radius 2 is 2.50 bits per heavy atom. The van der Waals surface area contributed by atoms with Gasteiger partial charge in [-0.3, -0.25) is 0 Å². The van der Waals surface area contributed by atoms with Crippen LogP contribution in [-0.4, -0.2) is 34.1 Å². The van der Waals surface area contributed by atoms with Gasteiger partial charge in [0.25, 0.3) is 0 Å². The molecule has 1 aliphatic heterocycles. The highest BCUT2D eigenvalue weighted by molar-refractivity contribution is 7.99. The number of aromatic nitrogens is 2. The maximum atomic E-state index is 5.68. The average Bonchev–Trinajstić information content (AvgIpc) is 3.05. The van der Waals surface area contributed by atoms with E-state index in [1.54, 1.807) is 0 Å². The highest BCUT2D eigenvalue weighted by Crippen LogP contribution is 2.24. The molecule has 0 amide bonds. The molecule has 3 rings (SSSR count). The zero-order chi connectivity index (χ0) is 10.8. The van der Waals surface area contributed by atoms with E-state index in [4.69, 9.17) is 4.74 Å². The van der Waals surface area contributed by atoms with Crippen LogP contribution in [0.4, 0.5) is 0 Å². The Morgan fingerprint density at radius 3 is 3.25 bits per heavy atom. The first kappa shape index (κ1) is 10.6. The fraction of sp³-hybridized carbons (Fsp3) is 0.727. The van der Waals surface area contributed by atoms with E-state index in [1.807, 2.05) is 18.0 Å². The van der Waals surface area contributed by atoms with Gasteiger partial charge in [-0.1, -0.05) is 0 Å². The van der Waals surface area contributed by atoms with Crippen molar-refractivity contribution in [3.63, 3.8) is 0 Å². The predicted molar refractivity (Wildman–Crippen MR) is 64.5 cm³/mol. The fourth-order valence-corrected chi connectivity index (χ4v) is 2.67. The van der Waals surface area contributed by atoms with Gasteiger partial charge in [-0.2, -0.15) is 11.8 Å². The molecule has 0 aromatic carbocycles. The molecule has 1 unspecified atom stereocenters. The van der Waals surface area contributed by atoms with Gasteiger partial charge in [-0.05, 0) is 12.8 Å². The SMILES string of the molecule is c1nc(C2CSCCO2)[nH]c1CNC1CC1. The summed E-state index contributed by atoms with van der Waals surface area (Å²) in [5, 5.41) is 3.47. The summed E-state index contributed by atoms with van der Waals surface area (Å²) in [6.07, 6.45) is 4.73. The molecule has 88 valence electrons. The van der Waals surface area contributed by atoms with Crippen molar-refractivity contribution in [3.05, 3.63) is 17.7 Å². The number of rotatable bonds is 4. The van der Waals surface area contributed by atoms with E-state index in [0.29, 0.717) is 0 Å². The first-order valence-electron chi connectivity index (χ1n) is 5.88. The van der Waals surface area contributed by atoms with E-state index in [9.17, 15) is 0 Å². The molecule has 0 bridgehead atoms. The molecule has 1 saturated heterocycles. The van der Waals surface area contributed by atoms with Crippen LogP contribution in [0.15, 0.2) is 6.20 Å². The average molecular weight is 239 g/mol. The van der Waals surface area contributed by atoms with Gasteiger partial charge >= 0.3 is 0 Å². The minimum atomic E-state index is 0.161. The standard InChI is InChI=1S/C11H17N3OS/c1-2-8(1)12-5-9-6-13-11(14-9)10-7-16-4-3-15-10/h6,8,10,12H,1-5,7H2,(H,13,14). The highest BCUT2D eigenvalue weighted by atomic mass is 32.2. The molecule has 2 N–H and O–H groups in total. The Labute approximate surface area is 99.6 Å². The number of H-pyrrole nitrogens is 1. The van der Waals surface area contributed by atoms with E-state index in [-0.39, 0.29) is 6.10 Å². The van der Waals surface area contributed by atoms with Crippen molar-refractivity contribution in [3.8, 4) is 0 Å². The number of nitrogens with one attached hydrogen (secondary N) is 2. The minimum Gasteiger partial charge on any atom is -0.369 e. The second-order valence-electron chi connectivity index (χ2n) is 4.38. The summed E-state index contributed by atoms with van der Waals surface area (Å²) in [7, 11) is 0. The van der Waals surface area contributed by atoms with E-state index in [0.717, 1.165) is 36.5 Å². The lowest BCUT2D eigenvalue weighted by Crippen LogP contribution is -2.17. The van der Waals surface area contributed by atoms with Crippen LogP contribution in [0, 0.1) is 0 Å². The van der Waals surface area contributed by atoms with Gasteiger partial charge in [-0.15, -0.1) is 0 Å². The summed E-state index contributed by atoms with van der Waals surface area (Å²) in [5.74, 6) is 3.11. The maximum absolute atomic E-state index is 5.68. The molecule has 0 spiro atoms. The van der Waals surface area contributed by atoms with Crippen molar-refractivity contribution in [1.82, 2.24) is 15.3 Å². The van der Waals surface area contributed by atoms with Crippen molar-refractivity contribution in [2.45, 2.75) is 31.5 Å². The molecule has 16 heavy (non-hydrogen) atoms. The molecule has 4 nitrogen and oxygen atoms in total. The van der Waals surface area contributed by atoms with Crippen molar-refractivity contribution in [2.75, 3.05) is 18.1 Å². The largest absolute Gasteiger partial charge is 0.369 e. The second kappa shape index (κ2) is 4.77. The van der Waals surface area contributed by atoms with Crippen LogP contribution >= 0.6 is 11.8 Å². The monoisotopic (exact) mass is 239 g/mol. The Bertz CT molecular complexity index is 345. The van der Waals surface area contributed by atoms with Gasteiger partial charge in [-0.25, -0.2) is 4.98 Å². The topological polar surface area (TPSA) is 49.9 Å². The molecular weight excluding hydrogens is 222 g/mol. The van der Waals surface area contributed by atoms with Gasteiger partial charge in [0.05, 0.1) is 6.61 Å². The van der Waals surface area contributed by atoms with Crippen LogP contribution in [0.1, 0.15) is 30.5 Å². The maximum Gasteiger partial charge on any atom is 0.136 e. The summed E-state index contributed by atoms with van der Waals surface area (Å²) in [6, 6.07) is 0.744. The molecule has 1 atom stereocenters. The lowest BCUT2D eigenvalue weighted by molar-refractivity contribution is 0.0700. The van der Waals surface area contributed by atoms with Crippen LogP contribution in [0.5, 0.6) is 0 Å². The lowest BCUT2D eigenvalue weighted by Gasteiger charge is -2.20. The molecule has 0 radical (unpaired) electrons. The summed E-state index contributed by atoms with van der Waals surface area (Å²) < 4.78 is 5.68. The van der Waals surface area contributed by atoms with Gasteiger partial charge in [0.2, 0.25) is 0 Å². The third-order valence-electron chi connectivity index (χ3n) is 2.93. The van der Waals surface area contributed by atoms with E-state index in [1.165, 1.54) is 18.5 Å². The van der Waals surface area contributed by atoms with Crippen LogP contribution < -0.4 is 5.32 Å². The fourth-order valence-electron chi connectivity index (χ4n) is 1.82. The van der Waals surface area contributed by atoms with Gasteiger partial charge in [0.1, 0.15) is 11.9 Å². The first-order chi connectivity index (χ1) is 7.92. The van der Waals surface area contributed by atoms with Crippen molar-refractivity contribution < 1.29 is 4.74 Å². The molecule has 2 fully saturated rings. The van der Waals surface area contributed by atoms with Crippen LogP contribution in [-0.2, 0) is 11.3 Å². The molecule has 1 aromatic heterocycles. The zero-order valence-electron chi connectivity index (χ0n) is 9.24. The van der Waals surface area contributed by atoms with Crippen LogP contribution in [0.3, 0.4) is 0 Å². The number of ether oxygens (including phenoxy) is 1. The van der Waals surface area contributed by atoms with Gasteiger partial charge in [0, 0.05) is 36.0 Å². The Balaban J connectivity index is 1.57. The van der Waals surface area contributed by atoms with Crippen LogP contribution in [0.2, 0.25) is 0 Å². The predicted octanol–water partition coefficient (Wildman–Crippen LogP) is 1.47. The molecule has 1 aliphatic carbocycles. The number of hydrogen-bond donors (Lipinski definition) is 2. The quantitative estimate of drug-likeness (QED) is 0.835. The first-order valence-corrected chi connectivity index (χ1v) is 7.04. The van der Waals surface area contributed by atoms with Gasteiger partial charge in [0.15, 0.2) is 0 Å². The van der Waals surface area contributed by atoms with E-state index in [2.05, 4.69) is 15.3 Å². The number of thioether (sulfide) groups is 1. The van der Waals surface area contributed by atoms with Crippen molar-refractivity contribution >= 4 is 11.8 Å². The van der Waals surface area contributed by atoms with Crippen LogP contribution in [0.25, 0.3) is 0 Å². The Hall–Kier alpha value is -0.520. The van der Waals surface area contributed by atoms with Crippen molar-refractivity contribution in [2.24, 2.45) is 0 Å². The highest BCUT2D eigenvalue weighted by Gasteiger charge is 2.22. The Morgan fingerprint density at radius 1 is 1.56 bits per heavy atom. The molecule has 2 aliphatic rings. The molecular formula is C11H17N3OS. The Kier molecular flexibility index (Phi) is 3.17. The zero-order valence-corrected chi connectivity index (χ0v) is 10.1. The van der Waals surface area contributed by atoms with E-state index >= 15 is 0 Å². The van der Waals surface area contributed by atoms with E-state index < -0.39 is 0 Å². The smallest absolute Gasteiger partial charge is 0.136 e. The molecule has 5 heteroatoms. The molecule has 1 saturated carbocycles. The molecule has 1 aromatic rings. The number of aromatic amines is 1. The third kappa shape index (κ3) is 2.59. The lowest BCUT2D eigenvalue weighted by atomic mass is 10.4. The number of nitrogens with zero attached hydrogens (tertiary/aromatic N) is 1. The second-order valence-corrected chi connectivity index (χ2v) is 5.53. The summed E-state index contributed by atoms with van der Waals surface area (Å²) in [6.45, 7) is 1.74.